The lowest BCUT2D eigenvalue weighted by atomic mass is 10.2. The van der Waals surface area contributed by atoms with Crippen molar-refractivity contribution in [2.45, 2.75) is 6.61 Å². The van der Waals surface area contributed by atoms with Crippen molar-refractivity contribution in [1.82, 2.24) is 0 Å². The van der Waals surface area contributed by atoms with Crippen LogP contribution in [0.3, 0.4) is 0 Å². The van der Waals surface area contributed by atoms with E-state index in [0.29, 0.717) is 0 Å². The second-order valence-corrected chi connectivity index (χ2v) is 3.43. The molecule has 1 aromatic rings. The predicted octanol–water partition coefficient (Wildman–Crippen LogP) is 0.615. The summed E-state index contributed by atoms with van der Waals surface area (Å²) in [6, 6.07) is 9.52. The minimum absolute atomic E-state index is 0.140. The van der Waals surface area contributed by atoms with Crippen LogP contribution in [0.15, 0.2) is 30.3 Å². The van der Waals surface area contributed by atoms with Crippen molar-refractivity contribution >= 4 is 10.4 Å². The van der Waals surface area contributed by atoms with Crippen LogP contribution in [-0.2, 0) is 21.2 Å². The smallest absolute Gasteiger partial charge is 0.392 e. The molecule has 1 rings (SSSR count). The summed E-state index contributed by atoms with van der Waals surface area (Å²) in [7, 11) is -3.29. The van der Waals surface area contributed by atoms with Crippen molar-refractivity contribution in [3.8, 4) is 0 Å². The van der Waals surface area contributed by atoms with E-state index in [1.54, 1.807) is 0 Å². The first kappa shape index (κ1) is 13.1. The van der Waals surface area contributed by atoms with Gasteiger partial charge in [0.2, 0.25) is 0 Å². The van der Waals surface area contributed by atoms with Crippen LogP contribution in [0.2, 0.25) is 0 Å². The molecule has 0 saturated carbocycles. The minimum Gasteiger partial charge on any atom is -0.392 e. The van der Waals surface area contributed by atoms with Crippen LogP contribution in [0.25, 0.3) is 0 Å². The van der Waals surface area contributed by atoms with E-state index in [4.69, 9.17) is 9.66 Å². The molecule has 0 amide bonds. The molecule has 5 nitrogen and oxygen atoms in total. The Morgan fingerprint density at radius 2 is 1.71 bits per heavy atom. The summed E-state index contributed by atoms with van der Waals surface area (Å²) in [6.07, 6.45) is 0. The lowest BCUT2D eigenvalue weighted by Crippen LogP contribution is -1.96. The molecular weight excluding hydrogens is 208 g/mol. The van der Waals surface area contributed by atoms with Gasteiger partial charge in [-0.15, -0.1) is 0 Å². The van der Waals surface area contributed by atoms with E-state index in [2.05, 4.69) is 4.18 Å². The van der Waals surface area contributed by atoms with Crippen LogP contribution in [0.4, 0.5) is 0 Å². The van der Waals surface area contributed by atoms with Gasteiger partial charge in [-0.25, -0.2) is 0 Å². The standard InChI is InChI=1S/C7H8O.CH4O4S/c8-6-7-4-2-1-3-5-7;1-5-6(2,3)4/h1-5,8H,6H2;1H3,(H,2,3,4). The van der Waals surface area contributed by atoms with E-state index >= 15 is 0 Å². The van der Waals surface area contributed by atoms with E-state index in [0.717, 1.165) is 12.7 Å². The summed E-state index contributed by atoms with van der Waals surface area (Å²) in [4.78, 5) is 0. The first-order chi connectivity index (χ1) is 6.49. The van der Waals surface area contributed by atoms with Crippen molar-refractivity contribution in [3.05, 3.63) is 35.9 Å². The number of hydrogen-bond donors (Lipinski definition) is 2. The monoisotopic (exact) mass is 220 g/mol. The van der Waals surface area contributed by atoms with E-state index in [1.165, 1.54) is 0 Å². The van der Waals surface area contributed by atoms with E-state index in [-0.39, 0.29) is 6.61 Å². The van der Waals surface area contributed by atoms with Crippen LogP contribution in [-0.4, -0.2) is 25.2 Å². The molecule has 1 aromatic carbocycles. The zero-order valence-electron chi connectivity index (χ0n) is 7.62. The van der Waals surface area contributed by atoms with Crippen LogP contribution in [0, 0.1) is 0 Å². The highest BCUT2D eigenvalue weighted by molar-refractivity contribution is 7.80. The molecule has 2 N–H and O–H groups in total. The van der Waals surface area contributed by atoms with Crippen molar-refractivity contribution in [2.24, 2.45) is 0 Å². The Morgan fingerprint density at radius 1 is 1.29 bits per heavy atom. The molecule has 0 aromatic heterocycles. The first-order valence-corrected chi connectivity index (χ1v) is 5.04. The summed E-state index contributed by atoms with van der Waals surface area (Å²) in [5.41, 5.74) is 0.965. The van der Waals surface area contributed by atoms with E-state index in [1.807, 2.05) is 30.3 Å². The molecule has 0 saturated heterocycles. The largest absolute Gasteiger partial charge is 0.397 e. The van der Waals surface area contributed by atoms with E-state index < -0.39 is 10.4 Å². The summed E-state index contributed by atoms with van der Waals surface area (Å²) in [6.45, 7) is 0.140. The van der Waals surface area contributed by atoms with Gasteiger partial charge in [-0.1, -0.05) is 30.3 Å². The molecule has 14 heavy (non-hydrogen) atoms. The third-order valence-electron chi connectivity index (χ3n) is 1.24. The Balaban J connectivity index is 0.000000255. The van der Waals surface area contributed by atoms with Gasteiger partial charge < -0.3 is 5.11 Å². The molecule has 0 atom stereocenters. The molecule has 0 radical (unpaired) electrons. The second kappa shape index (κ2) is 6.50. The molecule has 0 unspecified atom stereocenters. The van der Waals surface area contributed by atoms with Gasteiger partial charge in [0, 0.05) is 0 Å². The molecule has 80 valence electrons. The molecule has 0 heterocycles. The molecule has 0 aliphatic heterocycles. The molecule has 0 bridgehead atoms. The van der Waals surface area contributed by atoms with Crippen molar-refractivity contribution < 1.29 is 22.3 Å². The van der Waals surface area contributed by atoms with Gasteiger partial charge in [0.05, 0.1) is 13.7 Å². The van der Waals surface area contributed by atoms with Gasteiger partial charge in [0.15, 0.2) is 0 Å². The molecule has 0 aliphatic rings. The zero-order valence-corrected chi connectivity index (χ0v) is 8.44. The maximum atomic E-state index is 9.33. The van der Waals surface area contributed by atoms with Crippen molar-refractivity contribution in [1.29, 1.82) is 0 Å². The fraction of sp³-hybridized carbons (Fsp3) is 0.250. The highest BCUT2D eigenvalue weighted by atomic mass is 32.3. The Bertz CT molecular complexity index is 332. The number of aliphatic hydroxyl groups is 1. The summed E-state index contributed by atoms with van der Waals surface area (Å²) >= 11 is 0. The van der Waals surface area contributed by atoms with Gasteiger partial charge in [-0.3, -0.25) is 8.74 Å². The first-order valence-electron chi connectivity index (χ1n) is 3.67. The third-order valence-corrected chi connectivity index (χ3v) is 1.66. The van der Waals surface area contributed by atoms with Gasteiger partial charge >= 0.3 is 10.4 Å². The zero-order chi connectivity index (χ0) is 11.0. The number of benzene rings is 1. The quantitative estimate of drug-likeness (QED) is 0.713. The SMILES string of the molecule is COS(=O)(=O)O.OCc1ccccc1. The maximum Gasteiger partial charge on any atom is 0.397 e. The highest BCUT2D eigenvalue weighted by Gasteiger charge is 1.94. The number of aliphatic hydroxyl groups excluding tert-OH is 1. The summed E-state index contributed by atoms with van der Waals surface area (Å²) in [5, 5.41) is 8.54. The summed E-state index contributed by atoms with van der Waals surface area (Å²) < 4.78 is 29.7. The second-order valence-electron chi connectivity index (χ2n) is 2.24. The molecule has 6 heteroatoms. The van der Waals surface area contributed by atoms with Gasteiger partial charge in [-0.05, 0) is 5.56 Å². The van der Waals surface area contributed by atoms with Gasteiger partial charge in [0.25, 0.3) is 0 Å². The van der Waals surface area contributed by atoms with E-state index in [9.17, 15) is 8.42 Å². The Hall–Kier alpha value is -0.950. The Morgan fingerprint density at radius 3 is 1.93 bits per heavy atom. The molecule has 0 spiro atoms. The average Bonchev–Trinajstić information content (AvgIpc) is 2.19. The normalized spacial score (nSPS) is 10.2. The fourth-order valence-electron chi connectivity index (χ4n) is 0.583. The highest BCUT2D eigenvalue weighted by Crippen LogP contribution is 1.95. The number of hydrogen-bond acceptors (Lipinski definition) is 4. The number of rotatable bonds is 2. The predicted molar refractivity (Wildman–Crippen MR) is 50.9 cm³/mol. The third kappa shape index (κ3) is 7.69. The minimum atomic E-state index is -4.16. The topological polar surface area (TPSA) is 83.8 Å². The van der Waals surface area contributed by atoms with Crippen molar-refractivity contribution in [2.75, 3.05) is 7.11 Å². The lowest BCUT2D eigenvalue weighted by Gasteiger charge is -1.89. The fourth-order valence-corrected chi connectivity index (χ4v) is 0.583. The van der Waals surface area contributed by atoms with Gasteiger partial charge in [0.1, 0.15) is 0 Å². The van der Waals surface area contributed by atoms with Crippen LogP contribution >= 0.6 is 0 Å². The molecule has 0 fully saturated rings. The van der Waals surface area contributed by atoms with Crippen LogP contribution < -0.4 is 0 Å². The van der Waals surface area contributed by atoms with Crippen molar-refractivity contribution in [3.63, 3.8) is 0 Å². The maximum absolute atomic E-state index is 9.33. The van der Waals surface area contributed by atoms with Crippen LogP contribution in [0.5, 0.6) is 0 Å². The molecular formula is C8H12O5S. The summed E-state index contributed by atoms with van der Waals surface area (Å²) in [5.74, 6) is 0. The average molecular weight is 220 g/mol. The van der Waals surface area contributed by atoms with Crippen LogP contribution in [0.1, 0.15) is 5.56 Å². The molecule has 0 aliphatic carbocycles. The Kier molecular flexibility index (Phi) is 6.06. The Labute approximate surface area is 82.9 Å². The lowest BCUT2D eigenvalue weighted by molar-refractivity contribution is 0.282. The van der Waals surface area contributed by atoms with Gasteiger partial charge in [-0.2, -0.15) is 8.42 Å².